The molecule has 27 heavy (non-hydrogen) atoms. The van der Waals surface area contributed by atoms with Crippen molar-refractivity contribution < 1.29 is 13.2 Å². The number of nitrogens with one attached hydrogen (secondary N) is 2. The molecule has 1 heterocycles. The van der Waals surface area contributed by atoms with E-state index in [1.807, 2.05) is 0 Å². The molecule has 0 aromatic heterocycles. The van der Waals surface area contributed by atoms with Crippen LogP contribution < -0.4 is 10.6 Å². The van der Waals surface area contributed by atoms with Crippen molar-refractivity contribution in [3.8, 4) is 0 Å². The van der Waals surface area contributed by atoms with Gasteiger partial charge >= 0.3 is 6.03 Å². The number of carbonyl (C=O) groups is 1. The van der Waals surface area contributed by atoms with Crippen LogP contribution in [0.1, 0.15) is 12.8 Å². The van der Waals surface area contributed by atoms with Crippen molar-refractivity contribution in [2.45, 2.75) is 17.7 Å². The average molecular weight is 449 g/mol. The molecular weight excluding hydrogens is 433 g/mol. The number of benzene rings is 2. The molecule has 0 bridgehead atoms. The number of carbonyl (C=O) groups excluding carboxylic acids is 1. The van der Waals surface area contributed by atoms with E-state index in [1.54, 1.807) is 12.1 Å². The summed E-state index contributed by atoms with van der Waals surface area (Å²) in [6.45, 7) is 0.983. The molecule has 2 aromatic carbocycles. The van der Waals surface area contributed by atoms with Crippen LogP contribution in [-0.2, 0) is 10.0 Å². The Morgan fingerprint density at radius 3 is 2.22 bits per heavy atom. The molecule has 0 spiro atoms. The predicted molar refractivity (Wildman–Crippen MR) is 109 cm³/mol. The summed E-state index contributed by atoms with van der Waals surface area (Å²) in [5.41, 5.74) is 0.619. The highest BCUT2D eigenvalue weighted by Crippen LogP contribution is 2.29. The second-order valence-corrected chi connectivity index (χ2v) is 9.12. The number of amides is 2. The molecule has 2 amide bonds. The summed E-state index contributed by atoms with van der Waals surface area (Å²) >= 11 is 17.9. The van der Waals surface area contributed by atoms with Crippen LogP contribution in [0.25, 0.3) is 0 Å². The van der Waals surface area contributed by atoms with E-state index >= 15 is 0 Å². The summed E-state index contributed by atoms with van der Waals surface area (Å²) < 4.78 is 26.8. The van der Waals surface area contributed by atoms with Crippen molar-refractivity contribution in [1.82, 2.24) is 4.31 Å². The molecule has 0 unspecified atom stereocenters. The molecule has 6 nitrogen and oxygen atoms in total. The zero-order valence-corrected chi connectivity index (χ0v) is 17.1. The maximum absolute atomic E-state index is 12.7. The van der Waals surface area contributed by atoms with E-state index in [9.17, 15) is 13.2 Å². The number of halogens is 3. The number of anilines is 2. The van der Waals surface area contributed by atoms with E-state index in [-0.39, 0.29) is 15.6 Å². The lowest BCUT2D eigenvalue weighted by Crippen LogP contribution is -2.28. The van der Waals surface area contributed by atoms with E-state index < -0.39 is 16.1 Å². The summed E-state index contributed by atoms with van der Waals surface area (Å²) in [7, 11) is -3.61. The molecule has 2 N–H and O–H groups in total. The summed E-state index contributed by atoms with van der Waals surface area (Å²) in [5.74, 6) is 0. The number of rotatable bonds is 4. The average Bonchev–Trinajstić information content (AvgIpc) is 3.15. The fourth-order valence-electron chi connectivity index (χ4n) is 2.70. The van der Waals surface area contributed by atoms with Crippen molar-refractivity contribution in [2.24, 2.45) is 0 Å². The van der Waals surface area contributed by atoms with Crippen LogP contribution >= 0.6 is 34.8 Å². The van der Waals surface area contributed by atoms with Crippen LogP contribution in [0.4, 0.5) is 16.2 Å². The first kappa shape index (κ1) is 20.2. The Hall–Kier alpha value is -1.51. The maximum Gasteiger partial charge on any atom is 0.323 e. The first-order valence-corrected chi connectivity index (χ1v) is 10.7. The lowest BCUT2D eigenvalue weighted by molar-refractivity contribution is 0.262. The van der Waals surface area contributed by atoms with Gasteiger partial charge < -0.3 is 10.6 Å². The van der Waals surface area contributed by atoms with Crippen LogP contribution in [0.5, 0.6) is 0 Å². The van der Waals surface area contributed by atoms with Gasteiger partial charge in [0.25, 0.3) is 0 Å². The lowest BCUT2D eigenvalue weighted by Gasteiger charge is -2.17. The smallest absolute Gasteiger partial charge is 0.308 e. The van der Waals surface area contributed by atoms with Crippen molar-refractivity contribution in [2.75, 3.05) is 23.7 Å². The summed E-state index contributed by atoms with van der Waals surface area (Å²) in [6, 6.07) is 8.27. The molecule has 3 rings (SSSR count). The maximum atomic E-state index is 12.7. The highest BCUT2D eigenvalue weighted by Gasteiger charge is 2.27. The second kappa shape index (κ2) is 8.24. The Labute approximate surface area is 172 Å². The molecule has 0 atom stereocenters. The lowest BCUT2D eigenvalue weighted by atomic mass is 10.3. The SMILES string of the molecule is O=C(Nc1ccc(Cl)c(Cl)c1)Nc1cc(S(=O)(=O)N2CCCC2)ccc1Cl. The molecule has 2 aromatic rings. The van der Waals surface area contributed by atoms with Gasteiger partial charge in [-0.15, -0.1) is 0 Å². The van der Waals surface area contributed by atoms with Crippen LogP contribution in [0.15, 0.2) is 41.3 Å². The number of hydrogen-bond acceptors (Lipinski definition) is 3. The number of sulfonamides is 1. The van der Waals surface area contributed by atoms with E-state index in [1.165, 1.54) is 28.6 Å². The minimum atomic E-state index is -3.61. The third-order valence-electron chi connectivity index (χ3n) is 4.07. The van der Waals surface area contributed by atoms with Crippen LogP contribution in [-0.4, -0.2) is 31.8 Å². The fraction of sp³-hybridized carbons (Fsp3) is 0.235. The first-order valence-electron chi connectivity index (χ1n) is 8.10. The molecule has 144 valence electrons. The van der Waals surface area contributed by atoms with E-state index in [0.717, 1.165) is 12.8 Å². The Bertz CT molecular complexity index is 977. The molecule has 10 heteroatoms. The number of hydrogen-bond donors (Lipinski definition) is 2. The van der Waals surface area contributed by atoms with Crippen molar-refractivity contribution in [1.29, 1.82) is 0 Å². The van der Waals surface area contributed by atoms with Gasteiger partial charge in [-0.05, 0) is 49.2 Å². The van der Waals surface area contributed by atoms with Crippen LogP contribution in [0.2, 0.25) is 15.1 Å². The van der Waals surface area contributed by atoms with Gasteiger partial charge in [0.2, 0.25) is 10.0 Å². The van der Waals surface area contributed by atoms with E-state index in [4.69, 9.17) is 34.8 Å². The molecule has 1 aliphatic heterocycles. The number of urea groups is 1. The zero-order chi connectivity index (χ0) is 19.6. The van der Waals surface area contributed by atoms with Gasteiger partial charge in [-0.25, -0.2) is 13.2 Å². The molecule has 1 aliphatic rings. The standard InChI is InChI=1S/C17H16Cl3N3O3S/c18-13-5-3-11(9-15(13)20)21-17(24)22-16-10-12(4-6-14(16)19)27(25,26)23-7-1-2-8-23/h3-6,9-10H,1-2,7-8H2,(H2,21,22,24). The summed E-state index contributed by atoms with van der Waals surface area (Å²) in [5, 5.41) is 6.03. The van der Waals surface area contributed by atoms with Gasteiger partial charge in [-0.2, -0.15) is 4.31 Å². The normalized spacial score (nSPS) is 14.9. The summed E-state index contributed by atoms with van der Waals surface area (Å²) in [4.78, 5) is 12.3. The third kappa shape index (κ3) is 4.67. The highest BCUT2D eigenvalue weighted by atomic mass is 35.5. The highest BCUT2D eigenvalue weighted by molar-refractivity contribution is 7.89. The van der Waals surface area contributed by atoms with Crippen molar-refractivity contribution >= 4 is 62.2 Å². The van der Waals surface area contributed by atoms with Crippen molar-refractivity contribution in [3.63, 3.8) is 0 Å². The topological polar surface area (TPSA) is 78.5 Å². The predicted octanol–water partition coefficient (Wildman–Crippen LogP) is 5.08. The molecular formula is C17H16Cl3N3O3S. The van der Waals surface area contributed by atoms with E-state index in [2.05, 4.69) is 10.6 Å². The molecule has 0 saturated carbocycles. The summed E-state index contributed by atoms with van der Waals surface area (Å²) in [6.07, 6.45) is 1.67. The fourth-order valence-corrected chi connectivity index (χ4v) is 4.70. The monoisotopic (exact) mass is 447 g/mol. The van der Waals surface area contributed by atoms with Gasteiger partial charge in [0.05, 0.1) is 25.7 Å². The van der Waals surface area contributed by atoms with Gasteiger partial charge in [0.1, 0.15) is 0 Å². The molecule has 0 radical (unpaired) electrons. The zero-order valence-electron chi connectivity index (χ0n) is 14.0. The third-order valence-corrected chi connectivity index (χ3v) is 7.03. The Morgan fingerprint density at radius 2 is 1.56 bits per heavy atom. The second-order valence-electron chi connectivity index (χ2n) is 5.96. The first-order chi connectivity index (χ1) is 12.8. The molecule has 0 aliphatic carbocycles. The van der Waals surface area contributed by atoms with Gasteiger partial charge in [-0.3, -0.25) is 0 Å². The van der Waals surface area contributed by atoms with Gasteiger partial charge in [-0.1, -0.05) is 34.8 Å². The van der Waals surface area contributed by atoms with E-state index in [0.29, 0.717) is 28.8 Å². The largest absolute Gasteiger partial charge is 0.323 e. The number of nitrogens with zero attached hydrogens (tertiary/aromatic N) is 1. The van der Waals surface area contributed by atoms with Gasteiger partial charge in [0.15, 0.2) is 0 Å². The van der Waals surface area contributed by atoms with Gasteiger partial charge in [0, 0.05) is 18.8 Å². The quantitative estimate of drug-likeness (QED) is 0.685. The Morgan fingerprint density at radius 1 is 0.889 bits per heavy atom. The van der Waals surface area contributed by atoms with Crippen LogP contribution in [0, 0.1) is 0 Å². The molecule has 1 fully saturated rings. The Kier molecular flexibility index (Phi) is 6.18. The molecule has 1 saturated heterocycles. The minimum absolute atomic E-state index is 0.0821. The minimum Gasteiger partial charge on any atom is -0.308 e. The van der Waals surface area contributed by atoms with Crippen molar-refractivity contribution in [3.05, 3.63) is 51.5 Å². The Balaban J connectivity index is 1.78. The van der Waals surface area contributed by atoms with Crippen LogP contribution in [0.3, 0.4) is 0 Å².